The van der Waals surface area contributed by atoms with E-state index in [1.807, 2.05) is 6.07 Å². The average Bonchev–Trinajstić information content (AvgIpc) is 2.90. The van der Waals surface area contributed by atoms with Crippen molar-refractivity contribution in [2.75, 3.05) is 11.1 Å². The molecule has 7 heteroatoms. The first-order chi connectivity index (χ1) is 12.0. The van der Waals surface area contributed by atoms with Gasteiger partial charge in [-0.3, -0.25) is 4.79 Å². The number of aromatic nitrogens is 1. The lowest BCUT2D eigenvalue weighted by atomic mass is 9.93. The highest BCUT2D eigenvalue weighted by molar-refractivity contribution is 7.21. The number of nitrogens with two attached hydrogens (primary N) is 1. The van der Waals surface area contributed by atoms with Gasteiger partial charge in [-0.2, -0.15) is 0 Å². The number of benzene rings is 1. The smallest absolute Gasteiger partial charge is 0.267 e. The molecule has 0 saturated carbocycles. The molecule has 1 unspecified atom stereocenters. The molecule has 1 amide bonds. The number of nitrogens with one attached hydrogen (secondary N) is 1. The fourth-order valence-electron chi connectivity index (χ4n) is 3.12. The molecule has 0 bridgehead atoms. The Morgan fingerprint density at radius 2 is 2.24 bits per heavy atom. The van der Waals surface area contributed by atoms with Gasteiger partial charge in [-0.25, -0.2) is 4.98 Å². The molecular weight excluding hydrogens is 358 g/mol. The Bertz CT molecular complexity index is 986. The van der Waals surface area contributed by atoms with Gasteiger partial charge in [0.2, 0.25) is 0 Å². The van der Waals surface area contributed by atoms with E-state index >= 15 is 0 Å². The molecule has 1 atom stereocenters. The first-order valence-corrected chi connectivity index (χ1v) is 9.19. The number of hydrogen-bond acceptors (Lipinski definition) is 5. The van der Waals surface area contributed by atoms with Crippen LogP contribution in [0, 0.1) is 0 Å². The summed E-state index contributed by atoms with van der Waals surface area (Å²) >= 11 is 7.22. The van der Waals surface area contributed by atoms with Crippen molar-refractivity contribution in [1.82, 2.24) is 4.98 Å². The number of anilines is 2. The number of carbonyl (C=O) groups excluding carboxylic acids is 1. The summed E-state index contributed by atoms with van der Waals surface area (Å²) in [6.07, 6.45) is 1.97. The number of aryl methyl sites for hydroxylation is 1. The number of thiophene rings is 1. The van der Waals surface area contributed by atoms with Gasteiger partial charge in [0, 0.05) is 27.4 Å². The molecule has 4 N–H and O–H groups in total. The predicted octanol–water partition coefficient (Wildman–Crippen LogP) is 4.15. The van der Waals surface area contributed by atoms with Crippen LogP contribution in [0.1, 0.15) is 39.9 Å². The van der Waals surface area contributed by atoms with Gasteiger partial charge in [-0.15, -0.1) is 11.3 Å². The molecule has 0 saturated heterocycles. The molecule has 5 nitrogen and oxygen atoms in total. The Labute approximate surface area is 153 Å². The number of fused-ring (bicyclic) bond motifs is 2. The minimum Gasteiger partial charge on any atom is -0.397 e. The topological polar surface area (TPSA) is 88.2 Å². The zero-order chi connectivity index (χ0) is 17.6. The van der Waals surface area contributed by atoms with E-state index in [4.69, 9.17) is 17.3 Å². The van der Waals surface area contributed by atoms with Crippen LogP contribution in [-0.2, 0) is 6.42 Å². The van der Waals surface area contributed by atoms with E-state index < -0.39 is 6.10 Å². The third-order valence-corrected chi connectivity index (χ3v) is 5.72. The summed E-state index contributed by atoms with van der Waals surface area (Å²) in [4.78, 5) is 18.4. The van der Waals surface area contributed by atoms with E-state index in [0.29, 0.717) is 21.3 Å². The van der Waals surface area contributed by atoms with Crippen LogP contribution in [0.25, 0.3) is 10.2 Å². The van der Waals surface area contributed by atoms with Gasteiger partial charge in [0.25, 0.3) is 5.91 Å². The molecule has 0 aliphatic heterocycles. The maximum atomic E-state index is 12.6. The second-order valence-electron chi connectivity index (χ2n) is 6.09. The predicted molar refractivity (Wildman–Crippen MR) is 101 cm³/mol. The van der Waals surface area contributed by atoms with E-state index in [0.717, 1.165) is 40.7 Å². The van der Waals surface area contributed by atoms with Crippen molar-refractivity contribution in [2.45, 2.75) is 25.4 Å². The third kappa shape index (κ3) is 2.97. The molecule has 1 aliphatic carbocycles. The summed E-state index contributed by atoms with van der Waals surface area (Å²) in [5, 5.41) is 14.3. The highest BCUT2D eigenvalue weighted by Crippen LogP contribution is 2.38. The molecule has 128 valence electrons. The number of nitrogens with zero attached hydrogens (tertiary/aromatic N) is 1. The van der Waals surface area contributed by atoms with E-state index in [9.17, 15) is 9.90 Å². The first-order valence-electron chi connectivity index (χ1n) is 7.99. The summed E-state index contributed by atoms with van der Waals surface area (Å²) in [6.45, 7) is 0. The lowest BCUT2D eigenvalue weighted by molar-refractivity contribution is 0.103. The number of aliphatic hydroxyl groups excluding tert-OH is 1. The van der Waals surface area contributed by atoms with Gasteiger partial charge in [0.05, 0.1) is 11.8 Å². The number of rotatable bonds is 2. The molecular formula is C18H16ClN3O2S. The quantitative estimate of drug-likeness (QED) is 0.629. The number of aliphatic hydroxyl groups is 1. The van der Waals surface area contributed by atoms with Gasteiger partial charge < -0.3 is 16.2 Å². The maximum Gasteiger partial charge on any atom is 0.267 e. The Morgan fingerprint density at radius 3 is 3.04 bits per heavy atom. The first kappa shape index (κ1) is 16.3. The molecule has 0 spiro atoms. The van der Waals surface area contributed by atoms with Crippen LogP contribution in [0.2, 0.25) is 5.02 Å². The van der Waals surface area contributed by atoms with Crippen LogP contribution < -0.4 is 11.1 Å². The molecule has 1 aromatic carbocycles. The van der Waals surface area contributed by atoms with Gasteiger partial charge in [-0.1, -0.05) is 17.7 Å². The largest absolute Gasteiger partial charge is 0.397 e. The van der Waals surface area contributed by atoms with Crippen molar-refractivity contribution < 1.29 is 9.90 Å². The van der Waals surface area contributed by atoms with Crippen LogP contribution in [0.3, 0.4) is 0 Å². The third-order valence-electron chi connectivity index (χ3n) is 4.37. The van der Waals surface area contributed by atoms with Crippen molar-refractivity contribution in [2.24, 2.45) is 0 Å². The van der Waals surface area contributed by atoms with Crippen LogP contribution in [0.4, 0.5) is 11.4 Å². The second kappa shape index (κ2) is 6.29. The molecule has 2 heterocycles. The van der Waals surface area contributed by atoms with E-state index in [1.54, 1.807) is 24.3 Å². The van der Waals surface area contributed by atoms with Crippen molar-refractivity contribution in [3.63, 3.8) is 0 Å². The minimum atomic E-state index is -0.510. The van der Waals surface area contributed by atoms with Gasteiger partial charge in [0.1, 0.15) is 9.71 Å². The zero-order valence-corrected chi connectivity index (χ0v) is 14.8. The molecule has 4 rings (SSSR count). The summed E-state index contributed by atoms with van der Waals surface area (Å²) in [5.74, 6) is -0.290. The van der Waals surface area contributed by atoms with Crippen LogP contribution in [0.15, 0.2) is 30.3 Å². The average molecular weight is 374 g/mol. The van der Waals surface area contributed by atoms with Gasteiger partial charge in [0.15, 0.2) is 0 Å². The molecule has 0 fully saturated rings. The molecule has 2 aromatic heterocycles. The van der Waals surface area contributed by atoms with Crippen LogP contribution in [0.5, 0.6) is 0 Å². The summed E-state index contributed by atoms with van der Waals surface area (Å²) in [6, 6.07) is 8.83. The summed E-state index contributed by atoms with van der Waals surface area (Å²) in [5.41, 5.74) is 8.93. The molecule has 1 aliphatic rings. The fourth-order valence-corrected chi connectivity index (χ4v) is 4.30. The SMILES string of the molecule is Nc1c(C(=O)Nc2cccc(Cl)c2)sc2nc3c(cc12)C(O)CCC3. The van der Waals surface area contributed by atoms with Crippen molar-refractivity contribution >= 4 is 50.4 Å². The van der Waals surface area contributed by atoms with E-state index in [2.05, 4.69) is 10.3 Å². The number of nitrogen functional groups attached to an aromatic ring is 1. The van der Waals surface area contributed by atoms with Crippen LogP contribution in [-0.4, -0.2) is 16.0 Å². The van der Waals surface area contributed by atoms with E-state index in [1.165, 1.54) is 11.3 Å². The molecule has 3 aromatic rings. The van der Waals surface area contributed by atoms with Crippen LogP contribution >= 0.6 is 22.9 Å². The minimum absolute atomic E-state index is 0.290. The Balaban J connectivity index is 1.72. The monoisotopic (exact) mass is 373 g/mol. The fraction of sp³-hybridized carbons (Fsp3) is 0.222. The normalized spacial score (nSPS) is 16.6. The van der Waals surface area contributed by atoms with Gasteiger partial charge >= 0.3 is 0 Å². The highest BCUT2D eigenvalue weighted by atomic mass is 35.5. The van der Waals surface area contributed by atoms with E-state index in [-0.39, 0.29) is 5.91 Å². The molecule has 25 heavy (non-hydrogen) atoms. The second-order valence-corrected chi connectivity index (χ2v) is 7.53. The number of hydrogen-bond donors (Lipinski definition) is 3. The Morgan fingerprint density at radius 1 is 1.40 bits per heavy atom. The highest BCUT2D eigenvalue weighted by Gasteiger charge is 2.24. The van der Waals surface area contributed by atoms with Crippen molar-refractivity contribution in [3.05, 3.63) is 51.5 Å². The Kier molecular flexibility index (Phi) is 4.11. The maximum absolute atomic E-state index is 12.6. The summed E-state index contributed by atoms with van der Waals surface area (Å²) < 4.78 is 0. The van der Waals surface area contributed by atoms with Gasteiger partial charge in [-0.05, 0) is 43.5 Å². The summed E-state index contributed by atoms with van der Waals surface area (Å²) in [7, 11) is 0. The Hall–Kier alpha value is -2.15. The zero-order valence-electron chi connectivity index (χ0n) is 13.3. The lowest BCUT2D eigenvalue weighted by Gasteiger charge is -2.20. The van der Waals surface area contributed by atoms with Crippen molar-refractivity contribution in [3.8, 4) is 0 Å². The number of amides is 1. The number of pyridine rings is 1. The lowest BCUT2D eigenvalue weighted by Crippen LogP contribution is -2.12. The standard InChI is InChI=1S/C18H16ClN3O2S/c19-9-3-1-4-10(7-9)21-17(24)16-15(20)12-8-11-13(22-18(12)25-16)5-2-6-14(11)23/h1,3-4,7-8,14,23H,2,5-6,20H2,(H,21,24). The van der Waals surface area contributed by atoms with Crippen molar-refractivity contribution in [1.29, 1.82) is 0 Å². The molecule has 0 radical (unpaired) electrons. The number of carbonyl (C=O) groups is 1. The number of halogens is 1.